The Bertz CT molecular complexity index is 1310. The molecule has 0 saturated carbocycles. The quantitative estimate of drug-likeness (QED) is 0.391. The summed E-state index contributed by atoms with van der Waals surface area (Å²) in [5.41, 5.74) is 0.841. The first kappa shape index (κ1) is 25.5. The average molecular weight is 607 g/mol. The van der Waals surface area contributed by atoms with Crippen LogP contribution in [-0.2, 0) is 21.4 Å². The first-order chi connectivity index (χ1) is 16.1. The fourth-order valence-electron chi connectivity index (χ4n) is 3.72. The molecule has 2 heterocycles. The number of anilines is 1. The van der Waals surface area contributed by atoms with Crippen molar-refractivity contribution < 1.29 is 13.2 Å². The molecule has 1 aromatic heterocycles. The van der Waals surface area contributed by atoms with Crippen molar-refractivity contribution in [1.82, 2.24) is 14.1 Å². The molecule has 1 fully saturated rings. The maximum Gasteiger partial charge on any atom is 0.243 e. The van der Waals surface area contributed by atoms with Gasteiger partial charge in [0, 0.05) is 40.3 Å². The van der Waals surface area contributed by atoms with Gasteiger partial charge in [-0.2, -0.15) is 9.40 Å². The van der Waals surface area contributed by atoms with Crippen LogP contribution in [0.2, 0.25) is 15.1 Å². The van der Waals surface area contributed by atoms with E-state index in [1.54, 1.807) is 35.1 Å². The number of carbonyl (C=O) groups is 1. The standard InChI is InChI=1S/C22H20BrCl3N4O3S/c23-19-13-29(12-15-1-2-17(25)11-20(15)26)28-21(19)27-22(31)14-7-9-30(10-8-14)34(32,33)18-5-3-16(24)4-6-18/h1-6,11,13-14H,7-10,12H2,(H,27,28,31). The summed E-state index contributed by atoms with van der Waals surface area (Å²) in [6.45, 7) is 0.923. The predicted molar refractivity (Wildman–Crippen MR) is 137 cm³/mol. The molecule has 1 aliphatic rings. The van der Waals surface area contributed by atoms with Gasteiger partial charge in [-0.05, 0) is 70.7 Å². The molecule has 1 amide bonds. The second kappa shape index (κ2) is 10.6. The Labute approximate surface area is 221 Å². The summed E-state index contributed by atoms with van der Waals surface area (Å²) < 4.78 is 29.4. The summed E-state index contributed by atoms with van der Waals surface area (Å²) in [6, 6.07) is 11.3. The SMILES string of the molecule is O=C(Nc1nn(Cc2ccc(Cl)cc2Cl)cc1Br)C1CCN(S(=O)(=O)c2ccc(Cl)cc2)CC1. The highest BCUT2D eigenvalue weighted by Crippen LogP contribution is 2.28. The Morgan fingerprint density at radius 1 is 1.06 bits per heavy atom. The fourth-order valence-corrected chi connectivity index (χ4v) is 6.20. The van der Waals surface area contributed by atoms with E-state index in [2.05, 4.69) is 26.3 Å². The van der Waals surface area contributed by atoms with Gasteiger partial charge in [0.15, 0.2) is 5.82 Å². The van der Waals surface area contributed by atoms with Crippen molar-refractivity contribution >= 4 is 72.5 Å². The van der Waals surface area contributed by atoms with Gasteiger partial charge in [-0.3, -0.25) is 9.48 Å². The molecule has 0 atom stereocenters. The van der Waals surface area contributed by atoms with Gasteiger partial charge in [-0.1, -0.05) is 40.9 Å². The van der Waals surface area contributed by atoms with Crippen LogP contribution in [0.4, 0.5) is 5.82 Å². The van der Waals surface area contributed by atoms with Crippen molar-refractivity contribution in [3.63, 3.8) is 0 Å². The molecule has 0 unspecified atom stereocenters. The Morgan fingerprint density at radius 2 is 1.71 bits per heavy atom. The Balaban J connectivity index is 1.36. The third-order valence-electron chi connectivity index (χ3n) is 5.58. The van der Waals surface area contributed by atoms with Gasteiger partial charge in [0.1, 0.15) is 0 Å². The van der Waals surface area contributed by atoms with Crippen LogP contribution < -0.4 is 5.32 Å². The molecular weight excluding hydrogens is 587 g/mol. The van der Waals surface area contributed by atoms with Crippen LogP contribution in [-0.4, -0.2) is 41.5 Å². The highest BCUT2D eigenvalue weighted by atomic mass is 79.9. The molecule has 0 bridgehead atoms. The molecule has 180 valence electrons. The Kier molecular flexibility index (Phi) is 7.91. The number of rotatable bonds is 6. The zero-order valence-corrected chi connectivity index (χ0v) is 22.4. The average Bonchev–Trinajstić information content (AvgIpc) is 3.14. The maximum absolute atomic E-state index is 12.9. The molecule has 1 N–H and O–H groups in total. The Hall–Kier alpha value is -1.62. The topological polar surface area (TPSA) is 84.3 Å². The van der Waals surface area contributed by atoms with Gasteiger partial charge in [0.25, 0.3) is 0 Å². The number of nitrogens with one attached hydrogen (secondary N) is 1. The molecule has 0 aliphatic carbocycles. The number of amides is 1. The number of carbonyl (C=O) groups excluding carboxylic acids is 1. The van der Waals surface area contributed by atoms with Crippen LogP contribution in [0.15, 0.2) is 58.0 Å². The van der Waals surface area contributed by atoms with Crippen molar-refractivity contribution in [3.05, 3.63) is 73.8 Å². The largest absolute Gasteiger partial charge is 0.308 e. The second-order valence-electron chi connectivity index (χ2n) is 7.88. The number of hydrogen-bond acceptors (Lipinski definition) is 4. The van der Waals surface area contributed by atoms with E-state index in [4.69, 9.17) is 34.8 Å². The highest BCUT2D eigenvalue weighted by molar-refractivity contribution is 9.10. The molecule has 1 saturated heterocycles. The van der Waals surface area contributed by atoms with Gasteiger partial charge in [-0.25, -0.2) is 8.42 Å². The summed E-state index contributed by atoms with van der Waals surface area (Å²) in [5.74, 6) is -0.121. The van der Waals surface area contributed by atoms with Crippen LogP contribution in [0.5, 0.6) is 0 Å². The zero-order valence-electron chi connectivity index (χ0n) is 17.7. The van der Waals surface area contributed by atoms with Gasteiger partial charge >= 0.3 is 0 Å². The number of piperidine rings is 1. The maximum atomic E-state index is 12.9. The number of sulfonamides is 1. The summed E-state index contributed by atoms with van der Waals surface area (Å²) in [6.07, 6.45) is 2.58. The Morgan fingerprint density at radius 3 is 2.35 bits per heavy atom. The molecule has 4 rings (SSSR count). The summed E-state index contributed by atoms with van der Waals surface area (Å²) in [7, 11) is -3.63. The lowest BCUT2D eigenvalue weighted by Gasteiger charge is -2.30. The second-order valence-corrected chi connectivity index (χ2v) is 12.0. The van der Waals surface area contributed by atoms with Crippen LogP contribution in [0, 0.1) is 5.92 Å². The van der Waals surface area contributed by atoms with E-state index in [1.165, 1.54) is 16.4 Å². The van der Waals surface area contributed by atoms with E-state index in [0.29, 0.717) is 44.7 Å². The van der Waals surface area contributed by atoms with Crippen molar-refractivity contribution in [2.24, 2.45) is 5.92 Å². The summed E-state index contributed by atoms with van der Waals surface area (Å²) >= 11 is 21.5. The molecule has 3 aromatic rings. The van der Waals surface area contributed by atoms with Crippen molar-refractivity contribution in [2.45, 2.75) is 24.3 Å². The lowest BCUT2D eigenvalue weighted by atomic mass is 9.97. The molecular formula is C22H20BrCl3N4O3S. The van der Waals surface area contributed by atoms with E-state index in [0.717, 1.165) is 5.56 Å². The van der Waals surface area contributed by atoms with E-state index in [9.17, 15) is 13.2 Å². The van der Waals surface area contributed by atoms with Crippen LogP contribution in [0.1, 0.15) is 18.4 Å². The van der Waals surface area contributed by atoms with Crippen molar-refractivity contribution in [2.75, 3.05) is 18.4 Å². The fraction of sp³-hybridized carbons (Fsp3) is 0.273. The van der Waals surface area contributed by atoms with E-state index < -0.39 is 10.0 Å². The third-order valence-corrected chi connectivity index (χ3v) is 8.91. The van der Waals surface area contributed by atoms with Crippen molar-refractivity contribution in [1.29, 1.82) is 0 Å². The molecule has 34 heavy (non-hydrogen) atoms. The third kappa shape index (κ3) is 5.78. The van der Waals surface area contributed by atoms with Gasteiger partial charge < -0.3 is 5.32 Å². The number of aromatic nitrogens is 2. The summed E-state index contributed by atoms with van der Waals surface area (Å²) in [4.78, 5) is 13.0. The first-order valence-corrected chi connectivity index (χ1v) is 13.7. The lowest BCUT2D eigenvalue weighted by Crippen LogP contribution is -2.41. The van der Waals surface area contributed by atoms with E-state index in [-0.39, 0.29) is 29.8 Å². The van der Waals surface area contributed by atoms with E-state index >= 15 is 0 Å². The minimum atomic E-state index is -3.63. The minimum absolute atomic E-state index is 0.190. The normalized spacial score (nSPS) is 15.4. The molecule has 12 heteroatoms. The predicted octanol–water partition coefficient (Wildman–Crippen LogP) is 5.69. The number of halogens is 4. The lowest BCUT2D eigenvalue weighted by molar-refractivity contribution is -0.120. The zero-order chi connectivity index (χ0) is 24.5. The van der Waals surface area contributed by atoms with Crippen LogP contribution in [0.3, 0.4) is 0 Å². The van der Waals surface area contributed by atoms with Gasteiger partial charge in [-0.15, -0.1) is 0 Å². The monoisotopic (exact) mass is 604 g/mol. The number of hydrogen-bond donors (Lipinski definition) is 1. The van der Waals surface area contributed by atoms with Gasteiger partial charge in [0.2, 0.25) is 15.9 Å². The molecule has 0 radical (unpaired) electrons. The van der Waals surface area contributed by atoms with Gasteiger partial charge in [0.05, 0.1) is 15.9 Å². The van der Waals surface area contributed by atoms with E-state index in [1.807, 2.05) is 6.07 Å². The first-order valence-electron chi connectivity index (χ1n) is 10.4. The van der Waals surface area contributed by atoms with Crippen LogP contribution >= 0.6 is 50.7 Å². The minimum Gasteiger partial charge on any atom is -0.308 e. The number of nitrogens with zero attached hydrogens (tertiary/aromatic N) is 3. The highest BCUT2D eigenvalue weighted by Gasteiger charge is 2.32. The molecule has 7 nitrogen and oxygen atoms in total. The summed E-state index contributed by atoms with van der Waals surface area (Å²) in [5, 5.41) is 8.84. The number of benzene rings is 2. The van der Waals surface area contributed by atoms with Crippen molar-refractivity contribution in [3.8, 4) is 0 Å². The molecule has 0 spiro atoms. The molecule has 2 aromatic carbocycles. The van der Waals surface area contributed by atoms with Crippen LogP contribution in [0.25, 0.3) is 0 Å². The smallest absolute Gasteiger partial charge is 0.243 e. The molecule has 1 aliphatic heterocycles.